The van der Waals surface area contributed by atoms with E-state index in [9.17, 15) is 23.6 Å². The summed E-state index contributed by atoms with van der Waals surface area (Å²) in [6, 6.07) is 14.4. The third kappa shape index (κ3) is 4.27. The average molecular weight is 481 g/mol. The molecule has 4 rings (SSSR count). The Morgan fingerprint density at radius 2 is 1.71 bits per heavy atom. The fourth-order valence-electron chi connectivity index (χ4n) is 3.51. The van der Waals surface area contributed by atoms with Gasteiger partial charge < -0.3 is 10.1 Å². The number of anilines is 2. The van der Waals surface area contributed by atoms with E-state index < -0.39 is 35.6 Å². The molecule has 1 atom stereocenters. The summed E-state index contributed by atoms with van der Waals surface area (Å²) in [4.78, 5) is 51.9. The molecule has 1 heterocycles. The lowest BCUT2D eigenvalue weighted by molar-refractivity contribution is -0.123. The Bertz CT molecular complexity index is 1360. The van der Waals surface area contributed by atoms with Gasteiger partial charge in [-0.25, -0.2) is 14.1 Å². The van der Waals surface area contributed by atoms with Crippen LogP contribution < -0.4 is 10.2 Å². The van der Waals surface area contributed by atoms with Crippen LogP contribution in [0.4, 0.5) is 15.8 Å². The smallest absolute Gasteiger partial charge is 0.338 e. The molecule has 3 aromatic rings. The van der Waals surface area contributed by atoms with Crippen molar-refractivity contribution in [2.75, 3.05) is 10.2 Å². The molecule has 0 saturated carbocycles. The Morgan fingerprint density at radius 1 is 1.00 bits per heavy atom. The number of amides is 3. The first-order valence-corrected chi connectivity index (χ1v) is 10.6. The lowest BCUT2D eigenvalue weighted by Gasteiger charge is -2.16. The number of hydrogen-bond acceptors (Lipinski definition) is 5. The summed E-state index contributed by atoms with van der Waals surface area (Å²) in [5, 5.41) is 2.45. The molecular formula is C25H18ClFN2O5. The van der Waals surface area contributed by atoms with Crippen molar-refractivity contribution in [1.29, 1.82) is 0 Å². The number of carbonyl (C=O) groups excluding carboxylic acids is 4. The van der Waals surface area contributed by atoms with Crippen molar-refractivity contribution in [3.63, 3.8) is 0 Å². The van der Waals surface area contributed by atoms with Crippen LogP contribution in [0.5, 0.6) is 0 Å². The second-order valence-corrected chi connectivity index (χ2v) is 8.06. The van der Waals surface area contributed by atoms with Crippen LogP contribution >= 0.6 is 11.6 Å². The molecule has 9 heteroatoms. The second kappa shape index (κ2) is 9.07. The minimum atomic E-state index is -1.22. The molecular weight excluding hydrogens is 463 g/mol. The van der Waals surface area contributed by atoms with E-state index in [0.717, 1.165) is 22.6 Å². The molecule has 7 nitrogen and oxygen atoms in total. The van der Waals surface area contributed by atoms with E-state index in [1.165, 1.54) is 31.2 Å². The fraction of sp³-hybridized carbons (Fsp3) is 0.120. The molecule has 0 aromatic heterocycles. The molecule has 0 spiro atoms. The molecule has 0 bridgehead atoms. The third-order valence-electron chi connectivity index (χ3n) is 5.32. The van der Waals surface area contributed by atoms with Crippen molar-refractivity contribution in [2.45, 2.75) is 20.0 Å². The van der Waals surface area contributed by atoms with Gasteiger partial charge in [-0.05, 0) is 61.9 Å². The summed E-state index contributed by atoms with van der Waals surface area (Å²) in [6.07, 6.45) is -1.22. The van der Waals surface area contributed by atoms with Gasteiger partial charge in [0.05, 0.1) is 33.1 Å². The van der Waals surface area contributed by atoms with Crippen molar-refractivity contribution in [3.05, 3.63) is 93.8 Å². The summed E-state index contributed by atoms with van der Waals surface area (Å²) >= 11 is 5.90. The first kappa shape index (κ1) is 23.1. The number of imide groups is 1. The number of carbonyl (C=O) groups is 4. The first-order chi connectivity index (χ1) is 16.2. The topological polar surface area (TPSA) is 92.8 Å². The number of fused-ring (bicyclic) bond motifs is 1. The first-order valence-electron chi connectivity index (χ1n) is 10.2. The van der Waals surface area contributed by atoms with Crippen LogP contribution in [0.15, 0.2) is 60.7 Å². The Hall–Kier alpha value is -4.04. The minimum absolute atomic E-state index is 0.00555. The molecule has 3 aromatic carbocycles. The van der Waals surface area contributed by atoms with E-state index in [2.05, 4.69) is 5.32 Å². The number of hydrogen-bond donors (Lipinski definition) is 1. The number of benzene rings is 3. The number of aryl methyl sites for hydroxylation is 1. The Labute approximate surface area is 199 Å². The van der Waals surface area contributed by atoms with Crippen molar-refractivity contribution in [1.82, 2.24) is 0 Å². The van der Waals surface area contributed by atoms with E-state index in [4.69, 9.17) is 16.3 Å². The maximum absolute atomic E-state index is 13.2. The SMILES string of the molecule is Cc1ccccc1N1C(=O)c2ccc(C(=O)OC(C)C(=O)Nc3ccc(F)cc3Cl)cc2C1=O. The van der Waals surface area contributed by atoms with E-state index in [1.54, 1.807) is 31.2 Å². The van der Waals surface area contributed by atoms with E-state index >= 15 is 0 Å². The van der Waals surface area contributed by atoms with E-state index in [1.807, 2.05) is 0 Å². The van der Waals surface area contributed by atoms with Gasteiger partial charge in [0.25, 0.3) is 17.7 Å². The number of esters is 1. The lowest BCUT2D eigenvalue weighted by Crippen LogP contribution is -2.30. The number of nitrogens with one attached hydrogen (secondary N) is 1. The second-order valence-electron chi connectivity index (χ2n) is 7.65. The highest BCUT2D eigenvalue weighted by Gasteiger charge is 2.38. The van der Waals surface area contributed by atoms with Crippen LogP contribution in [0.25, 0.3) is 0 Å². The molecule has 1 aliphatic rings. The van der Waals surface area contributed by atoms with Gasteiger partial charge in [0.1, 0.15) is 5.82 Å². The van der Waals surface area contributed by atoms with Crippen LogP contribution in [-0.2, 0) is 9.53 Å². The van der Waals surface area contributed by atoms with Crippen molar-refractivity contribution < 1.29 is 28.3 Å². The number of rotatable bonds is 5. The predicted molar refractivity (Wildman–Crippen MR) is 124 cm³/mol. The van der Waals surface area contributed by atoms with Crippen molar-refractivity contribution in [3.8, 4) is 0 Å². The summed E-state index contributed by atoms with van der Waals surface area (Å²) < 4.78 is 18.4. The Kier molecular flexibility index (Phi) is 6.17. The predicted octanol–water partition coefficient (Wildman–Crippen LogP) is 4.77. The van der Waals surface area contributed by atoms with Gasteiger partial charge in [-0.2, -0.15) is 0 Å². The zero-order valence-corrected chi connectivity index (χ0v) is 18.9. The van der Waals surface area contributed by atoms with Crippen molar-refractivity contribution >= 4 is 46.7 Å². The summed E-state index contributed by atoms with van der Waals surface area (Å²) in [6.45, 7) is 3.14. The Balaban J connectivity index is 1.50. The molecule has 0 saturated heterocycles. The molecule has 0 radical (unpaired) electrons. The standard InChI is InChI=1S/C25H18ClFN2O5/c1-13-5-3-4-6-21(13)29-23(31)17-9-7-15(11-18(17)24(29)32)25(33)34-14(2)22(30)28-20-10-8-16(27)12-19(20)26/h3-12,14H,1-2H3,(H,28,30). The maximum Gasteiger partial charge on any atom is 0.338 e. The molecule has 1 aliphatic heterocycles. The van der Waals surface area contributed by atoms with Gasteiger partial charge in [0, 0.05) is 0 Å². The molecule has 1 N–H and O–H groups in total. The van der Waals surface area contributed by atoms with Crippen LogP contribution in [0.1, 0.15) is 43.6 Å². The number of halogens is 2. The molecule has 172 valence electrons. The van der Waals surface area contributed by atoms with Gasteiger partial charge in [-0.15, -0.1) is 0 Å². The minimum Gasteiger partial charge on any atom is -0.449 e. The summed E-state index contributed by atoms with van der Waals surface area (Å²) in [7, 11) is 0. The third-order valence-corrected chi connectivity index (χ3v) is 5.63. The molecule has 0 fully saturated rings. The van der Waals surface area contributed by atoms with Gasteiger partial charge in [-0.1, -0.05) is 29.8 Å². The summed E-state index contributed by atoms with van der Waals surface area (Å²) in [5.41, 5.74) is 1.61. The van der Waals surface area contributed by atoms with Crippen LogP contribution in [0.3, 0.4) is 0 Å². The highest BCUT2D eigenvalue weighted by molar-refractivity contribution is 6.35. The van der Waals surface area contributed by atoms with E-state index in [-0.39, 0.29) is 27.4 Å². The van der Waals surface area contributed by atoms with Crippen molar-refractivity contribution in [2.24, 2.45) is 0 Å². The monoisotopic (exact) mass is 480 g/mol. The lowest BCUT2D eigenvalue weighted by atomic mass is 10.1. The van der Waals surface area contributed by atoms with Crippen LogP contribution in [-0.4, -0.2) is 29.8 Å². The molecule has 3 amide bonds. The normalized spacial score (nSPS) is 13.5. The number of nitrogens with zero attached hydrogens (tertiary/aromatic N) is 1. The van der Waals surface area contributed by atoms with Gasteiger partial charge in [0.2, 0.25) is 0 Å². The molecule has 0 aliphatic carbocycles. The highest BCUT2D eigenvalue weighted by atomic mass is 35.5. The van der Waals surface area contributed by atoms with E-state index in [0.29, 0.717) is 5.69 Å². The highest BCUT2D eigenvalue weighted by Crippen LogP contribution is 2.31. The Morgan fingerprint density at radius 3 is 2.41 bits per heavy atom. The number of ether oxygens (including phenoxy) is 1. The maximum atomic E-state index is 13.2. The van der Waals surface area contributed by atoms with Gasteiger partial charge >= 0.3 is 5.97 Å². The van der Waals surface area contributed by atoms with Crippen LogP contribution in [0.2, 0.25) is 5.02 Å². The quantitative estimate of drug-likeness (QED) is 0.419. The number of para-hydroxylation sites is 1. The zero-order chi connectivity index (χ0) is 24.6. The fourth-order valence-corrected chi connectivity index (χ4v) is 3.72. The molecule has 1 unspecified atom stereocenters. The molecule has 34 heavy (non-hydrogen) atoms. The van der Waals surface area contributed by atoms with Gasteiger partial charge in [-0.3, -0.25) is 14.4 Å². The average Bonchev–Trinajstić information content (AvgIpc) is 3.05. The summed E-state index contributed by atoms with van der Waals surface area (Å²) in [5.74, 6) is -3.14. The zero-order valence-electron chi connectivity index (χ0n) is 18.1. The van der Waals surface area contributed by atoms with Gasteiger partial charge in [0.15, 0.2) is 6.10 Å². The van der Waals surface area contributed by atoms with Crippen LogP contribution in [0, 0.1) is 12.7 Å². The largest absolute Gasteiger partial charge is 0.449 e.